The Morgan fingerprint density at radius 3 is 2.60 bits per heavy atom. The van der Waals surface area contributed by atoms with Crippen molar-refractivity contribution in [1.29, 1.82) is 5.26 Å². The predicted molar refractivity (Wildman–Crippen MR) is 80.9 cm³/mol. The molecule has 4 heteroatoms. The molecule has 2 aromatic carbocycles. The third-order valence-electron chi connectivity index (χ3n) is 2.87. The minimum atomic E-state index is 0.420. The third-order valence-corrected chi connectivity index (χ3v) is 3.49. The SMILES string of the molecule is COc1cc(COc2ccc(C)cc2Br)ccc1C#N. The van der Waals surface area contributed by atoms with Crippen molar-refractivity contribution in [3.63, 3.8) is 0 Å². The second-order valence-electron chi connectivity index (χ2n) is 4.37. The number of methoxy groups -OCH3 is 1. The van der Waals surface area contributed by atoms with E-state index in [0.717, 1.165) is 15.8 Å². The summed E-state index contributed by atoms with van der Waals surface area (Å²) in [6, 6.07) is 13.5. The largest absolute Gasteiger partial charge is 0.495 e. The standard InChI is InChI=1S/C16H14BrNO2/c1-11-3-6-15(14(17)7-11)20-10-12-4-5-13(9-18)16(8-12)19-2/h3-8H,10H2,1-2H3. The van der Waals surface area contributed by atoms with Crippen LogP contribution in [0.2, 0.25) is 0 Å². The van der Waals surface area contributed by atoms with Gasteiger partial charge in [0.05, 0.1) is 17.1 Å². The summed E-state index contributed by atoms with van der Waals surface area (Å²) in [6.45, 7) is 2.45. The maximum atomic E-state index is 8.94. The fourth-order valence-corrected chi connectivity index (χ4v) is 2.41. The Morgan fingerprint density at radius 2 is 1.95 bits per heavy atom. The van der Waals surface area contributed by atoms with E-state index in [2.05, 4.69) is 22.0 Å². The molecule has 0 aliphatic heterocycles. The van der Waals surface area contributed by atoms with E-state index in [9.17, 15) is 0 Å². The van der Waals surface area contributed by atoms with Crippen LogP contribution in [0.5, 0.6) is 11.5 Å². The lowest BCUT2D eigenvalue weighted by Crippen LogP contribution is -1.98. The number of aryl methyl sites for hydroxylation is 1. The van der Waals surface area contributed by atoms with Crippen molar-refractivity contribution < 1.29 is 9.47 Å². The molecule has 0 aromatic heterocycles. The average Bonchev–Trinajstić information content (AvgIpc) is 2.46. The lowest BCUT2D eigenvalue weighted by atomic mass is 10.1. The second kappa shape index (κ2) is 6.44. The Kier molecular flexibility index (Phi) is 4.65. The van der Waals surface area contributed by atoms with Gasteiger partial charge in [0.1, 0.15) is 24.2 Å². The Balaban J connectivity index is 2.13. The maximum Gasteiger partial charge on any atom is 0.137 e. The van der Waals surface area contributed by atoms with Crippen molar-refractivity contribution in [1.82, 2.24) is 0 Å². The molecule has 20 heavy (non-hydrogen) atoms. The highest BCUT2D eigenvalue weighted by molar-refractivity contribution is 9.10. The molecule has 2 rings (SSSR count). The van der Waals surface area contributed by atoms with Gasteiger partial charge in [0.25, 0.3) is 0 Å². The van der Waals surface area contributed by atoms with Gasteiger partial charge < -0.3 is 9.47 Å². The van der Waals surface area contributed by atoms with E-state index >= 15 is 0 Å². The number of rotatable bonds is 4. The highest BCUT2D eigenvalue weighted by Gasteiger charge is 2.06. The highest BCUT2D eigenvalue weighted by Crippen LogP contribution is 2.27. The number of benzene rings is 2. The summed E-state index contributed by atoms with van der Waals surface area (Å²) in [5, 5.41) is 8.94. The Hall–Kier alpha value is -1.99. The Morgan fingerprint density at radius 1 is 1.15 bits per heavy atom. The van der Waals surface area contributed by atoms with Crippen molar-refractivity contribution in [3.8, 4) is 17.6 Å². The van der Waals surface area contributed by atoms with Gasteiger partial charge in [-0.15, -0.1) is 0 Å². The topological polar surface area (TPSA) is 42.2 Å². The molecule has 0 heterocycles. The van der Waals surface area contributed by atoms with Crippen LogP contribution in [0.15, 0.2) is 40.9 Å². The van der Waals surface area contributed by atoms with Crippen LogP contribution in [-0.2, 0) is 6.61 Å². The zero-order valence-electron chi connectivity index (χ0n) is 11.3. The smallest absolute Gasteiger partial charge is 0.137 e. The van der Waals surface area contributed by atoms with Crippen molar-refractivity contribution in [2.45, 2.75) is 13.5 Å². The lowest BCUT2D eigenvalue weighted by Gasteiger charge is -2.10. The molecule has 0 saturated carbocycles. The fraction of sp³-hybridized carbons (Fsp3) is 0.188. The molecule has 2 aromatic rings. The molecular formula is C16H14BrNO2. The third kappa shape index (κ3) is 3.31. The van der Waals surface area contributed by atoms with Gasteiger partial charge in [0.15, 0.2) is 0 Å². The fourth-order valence-electron chi connectivity index (χ4n) is 1.80. The zero-order chi connectivity index (χ0) is 14.5. The molecule has 0 amide bonds. The molecule has 0 unspecified atom stereocenters. The van der Waals surface area contributed by atoms with Gasteiger partial charge in [0, 0.05) is 0 Å². The van der Waals surface area contributed by atoms with Crippen LogP contribution in [0.4, 0.5) is 0 Å². The first-order valence-electron chi connectivity index (χ1n) is 6.10. The van der Waals surface area contributed by atoms with Crippen molar-refractivity contribution in [2.75, 3.05) is 7.11 Å². The van der Waals surface area contributed by atoms with E-state index in [1.807, 2.05) is 37.3 Å². The molecule has 0 N–H and O–H groups in total. The first-order valence-corrected chi connectivity index (χ1v) is 6.89. The first kappa shape index (κ1) is 14.4. The summed E-state index contributed by atoms with van der Waals surface area (Å²) in [4.78, 5) is 0. The van der Waals surface area contributed by atoms with Gasteiger partial charge in [-0.3, -0.25) is 0 Å². The van der Waals surface area contributed by atoms with E-state index in [0.29, 0.717) is 17.9 Å². The highest BCUT2D eigenvalue weighted by atomic mass is 79.9. The van der Waals surface area contributed by atoms with Crippen LogP contribution >= 0.6 is 15.9 Å². The number of nitriles is 1. The first-order chi connectivity index (χ1) is 9.63. The molecule has 3 nitrogen and oxygen atoms in total. The van der Waals surface area contributed by atoms with E-state index in [-0.39, 0.29) is 0 Å². The lowest BCUT2D eigenvalue weighted by molar-refractivity contribution is 0.303. The van der Waals surface area contributed by atoms with Crippen molar-refractivity contribution >= 4 is 15.9 Å². The summed E-state index contributed by atoms with van der Waals surface area (Å²) in [5.74, 6) is 1.36. The monoisotopic (exact) mass is 331 g/mol. The molecule has 0 aliphatic carbocycles. The number of halogens is 1. The maximum absolute atomic E-state index is 8.94. The molecule has 0 bridgehead atoms. The molecular weight excluding hydrogens is 318 g/mol. The zero-order valence-corrected chi connectivity index (χ0v) is 12.9. The minimum absolute atomic E-state index is 0.420. The molecule has 0 radical (unpaired) electrons. The van der Waals surface area contributed by atoms with Crippen LogP contribution in [0, 0.1) is 18.3 Å². The number of nitrogens with zero attached hydrogens (tertiary/aromatic N) is 1. The van der Waals surface area contributed by atoms with E-state index < -0.39 is 0 Å². The predicted octanol–water partition coefficient (Wildman–Crippen LogP) is 4.22. The van der Waals surface area contributed by atoms with Gasteiger partial charge in [-0.2, -0.15) is 5.26 Å². The van der Waals surface area contributed by atoms with Gasteiger partial charge >= 0.3 is 0 Å². The van der Waals surface area contributed by atoms with Crippen LogP contribution in [0.25, 0.3) is 0 Å². The second-order valence-corrected chi connectivity index (χ2v) is 5.22. The van der Waals surface area contributed by atoms with Crippen molar-refractivity contribution in [2.24, 2.45) is 0 Å². The molecule has 102 valence electrons. The van der Waals surface area contributed by atoms with Gasteiger partial charge in [0.2, 0.25) is 0 Å². The quantitative estimate of drug-likeness (QED) is 0.842. The van der Waals surface area contributed by atoms with Gasteiger partial charge in [-0.25, -0.2) is 0 Å². The van der Waals surface area contributed by atoms with Crippen LogP contribution < -0.4 is 9.47 Å². The van der Waals surface area contributed by atoms with E-state index in [1.165, 1.54) is 5.56 Å². The molecule has 0 saturated heterocycles. The summed E-state index contributed by atoms with van der Waals surface area (Å²) < 4.78 is 11.9. The Labute approximate surface area is 126 Å². The summed E-state index contributed by atoms with van der Waals surface area (Å²) in [5.41, 5.74) is 2.64. The van der Waals surface area contributed by atoms with E-state index in [1.54, 1.807) is 13.2 Å². The molecule has 0 spiro atoms. The summed E-state index contributed by atoms with van der Waals surface area (Å²) in [7, 11) is 1.55. The van der Waals surface area contributed by atoms with Gasteiger partial charge in [-0.1, -0.05) is 12.1 Å². The van der Waals surface area contributed by atoms with Crippen molar-refractivity contribution in [3.05, 3.63) is 57.6 Å². The van der Waals surface area contributed by atoms with Crippen LogP contribution in [0.3, 0.4) is 0 Å². The Bertz CT molecular complexity index is 662. The summed E-state index contributed by atoms with van der Waals surface area (Å²) in [6.07, 6.45) is 0. The molecule has 0 atom stereocenters. The van der Waals surface area contributed by atoms with Crippen LogP contribution in [-0.4, -0.2) is 7.11 Å². The van der Waals surface area contributed by atoms with Crippen LogP contribution in [0.1, 0.15) is 16.7 Å². The normalized spacial score (nSPS) is 9.90. The number of ether oxygens (including phenoxy) is 2. The minimum Gasteiger partial charge on any atom is -0.495 e. The molecule has 0 aliphatic rings. The number of hydrogen-bond donors (Lipinski definition) is 0. The number of hydrogen-bond acceptors (Lipinski definition) is 3. The summed E-state index contributed by atoms with van der Waals surface area (Å²) >= 11 is 3.48. The molecule has 0 fully saturated rings. The average molecular weight is 332 g/mol. The van der Waals surface area contributed by atoms with E-state index in [4.69, 9.17) is 14.7 Å². The van der Waals surface area contributed by atoms with Gasteiger partial charge in [-0.05, 0) is 58.2 Å².